The molecule has 0 aliphatic rings. The van der Waals surface area contributed by atoms with Gasteiger partial charge in [-0.15, -0.1) is 0 Å². The highest BCUT2D eigenvalue weighted by Crippen LogP contribution is 2.14. The highest BCUT2D eigenvalue weighted by atomic mass is 16.5. The van der Waals surface area contributed by atoms with E-state index in [1.54, 1.807) is 13.3 Å². The Bertz CT molecular complexity index is 286. The van der Waals surface area contributed by atoms with Crippen LogP contribution >= 0.6 is 0 Å². The molecule has 84 valence electrons. The summed E-state index contributed by atoms with van der Waals surface area (Å²) in [6.07, 6.45) is 1.68. The summed E-state index contributed by atoms with van der Waals surface area (Å²) in [5, 5.41) is 0. The molecule has 1 rings (SSSR count). The fourth-order valence-electron chi connectivity index (χ4n) is 1.60. The lowest BCUT2D eigenvalue weighted by Gasteiger charge is -2.28. The summed E-state index contributed by atoms with van der Waals surface area (Å²) in [6.45, 7) is 5.82. The summed E-state index contributed by atoms with van der Waals surface area (Å²) in [5.41, 5.74) is 6.29. The Morgan fingerprint density at radius 1 is 1.53 bits per heavy atom. The molecule has 0 saturated carbocycles. The molecule has 0 radical (unpaired) electrons. The van der Waals surface area contributed by atoms with E-state index in [4.69, 9.17) is 10.5 Å². The third kappa shape index (κ3) is 3.09. The van der Waals surface area contributed by atoms with E-state index < -0.39 is 0 Å². The quantitative estimate of drug-likeness (QED) is 0.799. The molecule has 4 nitrogen and oxygen atoms in total. The van der Waals surface area contributed by atoms with E-state index in [0.717, 1.165) is 12.4 Å². The molecule has 15 heavy (non-hydrogen) atoms. The molecule has 0 amide bonds. The van der Waals surface area contributed by atoms with Crippen LogP contribution < -0.4 is 10.6 Å². The summed E-state index contributed by atoms with van der Waals surface area (Å²) in [7, 11) is 1.71. The second kappa shape index (κ2) is 5.56. The van der Waals surface area contributed by atoms with Gasteiger partial charge < -0.3 is 15.4 Å². The maximum Gasteiger partial charge on any atom is 0.128 e. The minimum atomic E-state index is 0.316. The Morgan fingerprint density at radius 2 is 2.27 bits per heavy atom. The number of pyridine rings is 1. The Kier molecular flexibility index (Phi) is 4.37. The molecule has 1 unspecified atom stereocenters. The molecule has 1 aromatic heterocycles. The fraction of sp³-hybridized carbons (Fsp3) is 0.545. The van der Waals surface area contributed by atoms with Gasteiger partial charge in [-0.3, -0.25) is 0 Å². The average Bonchev–Trinajstić information content (AvgIpc) is 2.22. The lowest BCUT2D eigenvalue weighted by atomic mass is 10.3. The number of hydrogen-bond donors (Lipinski definition) is 1. The van der Waals surface area contributed by atoms with Crippen LogP contribution in [0.25, 0.3) is 0 Å². The lowest BCUT2D eigenvalue weighted by Crippen LogP contribution is -2.36. The number of ether oxygens (including phenoxy) is 1. The highest BCUT2D eigenvalue weighted by Gasteiger charge is 2.13. The largest absolute Gasteiger partial charge is 0.397 e. The Morgan fingerprint density at radius 3 is 2.73 bits per heavy atom. The Hall–Kier alpha value is -1.29. The van der Waals surface area contributed by atoms with Gasteiger partial charge in [-0.05, 0) is 26.0 Å². The van der Waals surface area contributed by atoms with Crippen molar-refractivity contribution in [1.82, 2.24) is 4.98 Å². The molecule has 0 aromatic carbocycles. The lowest BCUT2D eigenvalue weighted by molar-refractivity contribution is 0.181. The standard InChI is InChI=1S/C11H19N3O/c1-4-14(9(2)8-15-3)11-6-5-10(12)7-13-11/h5-7,9H,4,8,12H2,1-3H3. The normalized spacial score (nSPS) is 12.5. The predicted octanol–water partition coefficient (Wildman–Crippen LogP) is 1.52. The van der Waals surface area contributed by atoms with E-state index in [1.807, 2.05) is 12.1 Å². The topological polar surface area (TPSA) is 51.4 Å². The van der Waals surface area contributed by atoms with Gasteiger partial charge in [0.25, 0.3) is 0 Å². The van der Waals surface area contributed by atoms with Gasteiger partial charge in [0.05, 0.1) is 24.5 Å². The zero-order chi connectivity index (χ0) is 11.3. The van der Waals surface area contributed by atoms with Crippen LogP contribution in [-0.2, 0) is 4.74 Å². The van der Waals surface area contributed by atoms with Crippen molar-refractivity contribution in [3.05, 3.63) is 18.3 Å². The monoisotopic (exact) mass is 209 g/mol. The fourth-order valence-corrected chi connectivity index (χ4v) is 1.60. The van der Waals surface area contributed by atoms with E-state index in [-0.39, 0.29) is 0 Å². The first-order valence-electron chi connectivity index (χ1n) is 5.16. The molecule has 0 aliphatic heterocycles. The van der Waals surface area contributed by atoms with E-state index >= 15 is 0 Å². The number of likely N-dealkylation sites (N-methyl/N-ethyl adjacent to an activating group) is 1. The summed E-state index contributed by atoms with van der Waals surface area (Å²) in [6, 6.07) is 4.12. The van der Waals surface area contributed by atoms with Crippen molar-refractivity contribution in [2.45, 2.75) is 19.9 Å². The Labute approximate surface area is 91.1 Å². The van der Waals surface area contributed by atoms with Gasteiger partial charge in [0.15, 0.2) is 0 Å². The SMILES string of the molecule is CCN(c1ccc(N)cn1)C(C)COC. The van der Waals surface area contributed by atoms with Crippen LogP contribution in [0.3, 0.4) is 0 Å². The van der Waals surface area contributed by atoms with Gasteiger partial charge in [0.1, 0.15) is 5.82 Å². The van der Waals surface area contributed by atoms with Crippen LogP contribution in [0.2, 0.25) is 0 Å². The van der Waals surface area contributed by atoms with Crippen molar-refractivity contribution < 1.29 is 4.74 Å². The highest BCUT2D eigenvalue weighted by molar-refractivity contribution is 5.46. The van der Waals surface area contributed by atoms with E-state index in [2.05, 4.69) is 23.7 Å². The number of nitrogens with zero attached hydrogens (tertiary/aromatic N) is 2. The van der Waals surface area contributed by atoms with Gasteiger partial charge >= 0.3 is 0 Å². The van der Waals surface area contributed by atoms with E-state index in [1.165, 1.54) is 0 Å². The van der Waals surface area contributed by atoms with Crippen LogP contribution in [0.5, 0.6) is 0 Å². The first-order chi connectivity index (χ1) is 7.19. The van der Waals surface area contributed by atoms with Gasteiger partial charge in [0, 0.05) is 13.7 Å². The van der Waals surface area contributed by atoms with Crippen LogP contribution in [0.4, 0.5) is 11.5 Å². The molecule has 0 spiro atoms. The maximum absolute atomic E-state index is 5.60. The van der Waals surface area contributed by atoms with Crippen molar-refractivity contribution in [1.29, 1.82) is 0 Å². The van der Waals surface area contributed by atoms with Crippen LogP contribution in [-0.4, -0.2) is 31.3 Å². The minimum absolute atomic E-state index is 0.316. The van der Waals surface area contributed by atoms with E-state index in [9.17, 15) is 0 Å². The number of nitrogen functional groups attached to an aromatic ring is 1. The third-order valence-electron chi connectivity index (χ3n) is 2.35. The molecule has 4 heteroatoms. The van der Waals surface area contributed by atoms with Gasteiger partial charge in [-0.2, -0.15) is 0 Å². The number of anilines is 2. The molecule has 2 N–H and O–H groups in total. The first-order valence-corrected chi connectivity index (χ1v) is 5.16. The average molecular weight is 209 g/mol. The van der Waals surface area contributed by atoms with Crippen molar-refractivity contribution in [2.75, 3.05) is 30.9 Å². The second-order valence-electron chi connectivity index (χ2n) is 3.54. The second-order valence-corrected chi connectivity index (χ2v) is 3.54. The van der Waals surface area contributed by atoms with Crippen molar-refractivity contribution in [2.24, 2.45) is 0 Å². The summed E-state index contributed by atoms with van der Waals surface area (Å²) >= 11 is 0. The van der Waals surface area contributed by atoms with Gasteiger partial charge in [-0.25, -0.2) is 4.98 Å². The van der Waals surface area contributed by atoms with Crippen LogP contribution in [0.1, 0.15) is 13.8 Å². The smallest absolute Gasteiger partial charge is 0.128 e. The number of hydrogen-bond acceptors (Lipinski definition) is 4. The predicted molar refractivity (Wildman–Crippen MR) is 63.0 cm³/mol. The zero-order valence-corrected chi connectivity index (χ0v) is 9.60. The van der Waals surface area contributed by atoms with Gasteiger partial charge in [-0.1, -0.05) is 0 Å². The zero-order valence-electron chi connectivity index (χ0n) is 9.60. The van der Waals surface area contributed by atoms with Crippen LogP contribution in [0, 0.1) is 0 Å². The summed E-state index contributed by atoms with van der Waals surface area (Å²) in [4.78, 5) is 6.48. The third-order valence-corrected chi connectivity index (χ3v) is 2.35. The van der Waals surface area contributed by atoms with Crippen molar-refractivity contribution in [3.63, 3.8) is 0 Å². The number of rotatable bonds is 5. The van der Waals surface area contributed by atoms with Crippen LogP contribution in [0.15, 0.2) is 18.3 Å². The molecule has 1 atom stereocenters. The van der Waals surface area contributed by atoms with E-state index in [0.29, 0.717) is 18.3 Å². The summed E-state index contributed by atoms with van der Waals surface area (Å²) in [5.74, 6) is 0.941. The molecule has 1 aromatic rings. The molecular weight excluding hydrogens is 190 g/mol. The first kappa shape index (κ1) is 11.8. The molecule has 0 fully saturated rings. The molecular formula is C11H19N3O. The van der Waals surface area contributed by atoms with Crippen molar-refractivity contribution >= 4 is 11.5 Å². The number of nitrogens with two attached hydrogens (primary N) is 1. The Balaban J connectivity index is 2.77. The van der Waals surface area contributed by atoms with Crippen molar-refractivity contribution in [3.8, 4) is 0 Å². The molecule has 0 aliphatic carbocycles. The summed E-state index contributed by atoms with van der Waals surface area (Å²) < 4.78 is 5.14. The minimum Gasteiger partial charge on any atom is -0.397 e. The number of aromatic nitrogens is 1. The molecule has 0 saturated heterocycles. The molecule has 0 bridgehead atoms. The molecule has 1 heterocycles. The number of methoxy groups -OCH3 is 1. The van der Waals surface area contributed by atoms with Gasteiger partial charge in [0.2, 0.25) is 0 Å². The maximum atomic E-state index is 5.60.